The highest BCUT2D eigenvalue weighted by molar-refractivity contribution is 7.26. The summed E-state index contributed by atoms with van der Waals surface area (Å²) in [7, 11) is 0. The number of thiophene rings is 1. The van der Waals surface area contributed by atoms with Crippen LogP contribution in [0.5, 0.6) is 0 Å². The maximum Gasteiger partial charge on any atom is 0.238 e. The van der Waals surface area contributed by atoms with Gasteiger partial charge in [-0.2, -0.15) is 9.97 Å². The van der Waals surface area contributed by atoms with Crippen LogP contribution in [-0.2, 0) is 0 Å². The zero-order valence-corrected chi connectivity index (χ0v) is 26.7. The second-order valence-corrected chi connectivity index (χ2v) is 12.6. The number of nitrogens with zero attached hydrogens (tertiary/aromatic N) is 4. The fourth-order valence-electron chi connectivity index (χ4n) is 6.55. The van der Waals surface area contributed by atoms with Crippen molar-refractivity contribution in [2.45, 2.75) is 0 Å². The van der Waals surface area contributed by atoms with Crippen LogP contribution >= 0.6 is 11.3 Å². The molecule has 5 nitrogen and oxygen atoms in total. The monoisotopic (exact) mass is 686 g/mol. The van der Waals surface area contributed by atoms with Crippen molar-refractivity contribution in [3.8, 4) is 39.9 Å². The third-order valence-corrected chi connectivity index (χ3v) is 9.88. The van der Waals surface area contributed by atoms with E-state index in [9.17, 15) is 6.85 Å². The molecule has 0 aliphatic rings. The molecule has 4 aromatic heterocycles. The quantitative estimate of drug-likeness (QED) is 0.185. The number of para-hydroxylation sites is 2. The van der Waals surface area contributed by atoms with Gasteiger partial charge in [0.05, 0.1) is 38.4 Å². The molecule has 51 heavy (non-hydrogen) atoms. The molecule has 0 saturated heterocycles. The lowest BCUT2D eigenvalue weighted by molar-refractivity contribution is 0.673. The van der Waals surface area contributed by atoms with E-state index in [1.165, 1.54) is 0 Å². The van der Waals surface area contributed by atoms with Gasteiger partial charge in [-0.1, -0.05) is 121 Å². The largest absolute Gasteiger partial charge is 0.455 e. The summed E-state index contributed by atoms with van der Waals surface area (Å²) in [6, 6.07) is 8.27. The van der Waals surface area contributed by atoms with E-state index >= 15 is 0 Å². The Morgan fingerprint density at radius 2 is 1.25 bits per heavy atom. The Morgan fingerprint density at radius 3 is 2.16 bits per heavy atom. The molecule has 0 radical (unpaired) electrons. The van der Waals surface area contributed by atoms with E-state index in [1.54, 1.807) is 16.7 Å². The van der Waals surface area contributed by atoms with Crippen LogP contribution in [0.1, 0.15) is 21.9 Å². The molecule has 0 aliphatic heterocycles. The zero-order chi connectivity index (χ0) is 47.4. The first-order valence-electron chi connectivity index (χ1n) is 23.6. The van der Waals surface area contributed by atoms with Gasteiger partial charge in [0.2, 0.25) is 5.95 Å². The molecule has 11 rings (SSSR count). The van der Waals surface area contributed by atoms with Crippen molar-refractivity contribution >= 4 is 75.3 Å². The van der Waals surface area contributed by atoms with Crippen LogP contribution in [0, 0.1) is 0 Å². The molecule has 0 fully saturated rings. The number of benzene rings is 7. The van der Waals surface area contributed by atoms with Gasteiger partial charge < -0.3 is 4.42 Å². The lowest BCUT2D eigenvalue weighted by Crippen LogP contribution is -2.06. The van der Waals surface area contributed by atoms with Crippen LogP contribution in [0.15, 0.2) is 162 Å². The number of rotatable bonds is 4. The van der Waals surface area contributed by atoms with Gasteiger partial charge in [0.25, 0.3) is 0 Å². The standard InChI is InChI=1S/C45H26N4OS/c1-2-11-27(12-3-1)28-21-23-29(24-22-28)43-46-44(35-17-10-16-33-31-14-6-9-20-39(31)51-42(33)35)48-45(47-43)49-36-18-7-4-15-34(36)40-37(49)26-25-32-30-13-5-8-19-38(30)50-41(32)40/h1-26H/i1D,2D,3D,6D,9D,10D,11D,12D,14D,16D,17D,20D,21D,22D,23D,24D. The van der Waals surface area contributed by atoms with Crippen molar-refractivity contribution in [1.82, 2.24) is 19.5 Å². The van der Waals surface area contributed by atoms with Gasteiger partial charge in [-0.05, 0) is 47.5 Å². The molecule has 0 aliphatic carbocycles. The summed E-state index contributed by atoms with van der Waals surface area (Å²) in [5.41, 5.74) is 0.494. The summed E-state index contributed by atoms with van der Waals surface area (Å²) < 4.78 is 149. The van der Waals surface area contributed by atoms with E-state index in [0.717, 1.165) is 22.1 Å². The molecule has 0 bridgehead atoms. The van der Waals surface area contributed by atoms with E-state index in [4.69, 9.17) is 34.4 Å². The van der Waals surface area contributed by atoms with Crippen LogP contribution in [0.2, 0.25) is 0 Å². The summed E-state index contributed by atoms with van der Waals surface area (Å²) >= 11 is 0.847. The summed E-state index contributed by atoms with van der Waals surface area (Å²) in [5.74, 6) is -0.958. The Morgan fingerprint density at radius 1 is 0.529 bits per heavy atom. The second-order valence-electron chi connectivity index (χ2n) is 11.6. The first kappa shape index (κ1) is 16.9. The second kappa shape index (κ2) is 10.9. The molecule has 7 aromatic carbocycles. The maximum atomic E-state index is 9.34. The molecule has 0 saturated carbocycles. The molecule has 238 valence electrons. The fourth-order valence-corrected chi connectivity index (χ4v) is 7.61. The van der Waals surface area contributed by atoms with Crippen molar-refractivity contribution in [3.05, 3.63) is 157 Å². The molecule has 0 amide bonds. The molecule has 4 heterocycles. The fraction of sp³-hybridized carbons (Fsp3) is 0. The lowest BCUT2D eigenvalue weighted by Gasteiger charge is -2.12. The van der Waals surface area contributed by atoms with Crippen molar-refractivity contribution in [2.24, 2.45) is 0 Å². The first-order valence-corrected chi connectivity index (χ1v) is 16.5. The van der Waals surface area contributed by atoms with Gasteiger partial charge in [0, 0.05) is 47.5 Å². The molecular formula is C45H26N4OS. The first-order chi connectivity index (χ1) is 31.9. The van der Waals surface area contributed by atoms with Gasteiger partial charge in [-0.15, -0.1) is 11.3 Å². The van der Waals surface area contributed by atoms with E-state index in [2.05, 4.69) is 0 Å². The van der Waals surface area contributed by atoms with Crippen LogP contribution in [0.25, 0.3) is 104 Å². The summed E-state index contributed by atoms with van der Waals surface area (Å²) in [6.07, 6.45) is 0. The summed E-state index contributed by atoms with van der Waals surface area (Å²) in [4.78, 5) is 14.4. The SMILES string of the molecule is [2H]c1c([2H])c([2H])c(-c2c([2H])c([2H])c(-c3nc(-c4c([2H])c([2H])c([2H])c5c4sc4c([2H])c([2H])c([2H])c([2H])c45)nc(-n4c5ccccc5c5c6oc7ccccc7c6ccc54)n3)c([2H])c2[2H])c([2H])c1[2H]. The van der Waals surface area contributed by atoms with E-state index < -0.39 is 119 Å². The topological polar surface area (TPSA) is 56.7 Å². The average Bonchev–Trinajstić information content (AvgIpc) is 4.01. The van der Waals surface area contributed by atoms with Gasteiger partial charge in [0.1, 0.15) is 11.2 Å². The predicted molar refractivity (Wildman–Crippen MR) is 211 cm³/mol. The minimum atomic E-state index is -0.773. The molecule has 6 heteroatoms. The number of fused-ring (bicyclic) bond motifs is 10. The van der Waals surface area contributed by atoms with Crippen molar-refractivity contribution in [3.63, 3.8) is 0 Å². The molecular weight excluding hydrogens is 645 g/mol. The van der Waals surface area contributed by atoms with E-state index in [-0.39, 0.29) is 37.5 Å². The minimum Gasteiger partial charge on any atom is -0.455 e. The van der Waals surface area contributed by atoms with Gasteiger partial charge in [0.15, 0.2) is 11.6 Å². The highest BCUT2D eigenvalue weighted by Crippen LogP contribution is 2.42. The Bertz CT molecular complexity index is 4030. The van der Waals surface area contributed by atoms with Crippen LogP contribution in [0.3, 0.4) is 0 Å². The highest BCUT2D eigenvalue weighted by Gasteiger charge is 2.22. The minimum absolute atomic E-state index is 0.0414. The number of hydrogen-bond donors (Lipinski definition) is 0. The Kier molecular flexibility index (Phi) is 3.61. The van der Waals surface area contributed by atoms with Crippen LogP contribution < -0.4 is 0 Å². The van der Waals surface area contributed by atoms with Crippen LogP contribution in [0.4, 0.5) is 0 Å². The molecule has 0 N–H and O–H groups in total. The Hall–Kier alpha value is -6.63. The smallest absolute Gasteiger partial charge is 0.238 e. The van der Waals surface area contributed by atoms with Gasteiger partial charge in [-0.3, -0.25) is 4.57 Å². The zero-order valence-electron chi connectivity index (χ0n) is 41.9. The average molecular weight is 687 g/mol. The normalized spacial score (nSPS) is 16.3. The van der Waals surface area contributed by atoms with Crippen molar-refractivity contribution < 1.29 is 26.3 Å². The number of hydrogen-bond acceptors (Lipinski definition) is 5. The van der Waals surface area contributed by atoms with Crippen molar-refractivity contribution in [2.75, 3.05) is 0 Å². The van der Waals surface area contributed by atoms with Crippen LogP contribution in [-0.4, -0.2) is 19.5 Å². The summed E-state index contributed by atoms with van der Waals surface area (Å²) in [5, 5.41) is 2.98. The number of aromatic nitrogens is 4. The molecule has 0 spiro atoms. The molecule has 0 atom stereocenters. The van der Waals surface area contributed by atoms with Gasteiger partial charge in [-0.25, -0.2) is 4.98 Å². The summed E-state index contributed by atoms with van der Waals surface area (Å²) in [6.45, 7) is 0. The molecule has 0 unspecified atom stereocenters. The third kappa shape index (κ3) is 4.30. The number of furan rings is 1. The van der Waals surface area contributed by atoms with E-state index in [0.29, 0.717) is 33.0 Å². The maximum absolute atomic E-state index is 9.34. The third-order valence-electron chi connectivity index (χ3n) is 8.76. The lowest BCUT2D eigenvalue weighted by atomic mass is 10.0. The van der Waals surface area contributed by atoms with Crippen molar-refractivity contribution in [1.29, 1.82) is 0 Å². The van der Waals surface area contributed by atoms with Gasteiger partial charge >= 0.3 is 0 Å². The van der Waals surface area contributed by atoms with E-state index in [1.807, 2.05) is 48.5 Å². The Labute approximate surface area is 318 Å². The predicted octanol–water partition coefficient (Wildman–Crippen LogP) is 12.2. The molecule has 11 aromatic rings. The highest BCUT2D eigenvalue weighted by atomic mass is 32.1. The Balaban J connectivity index is 1.28.